The van der Waals surface area contributed by atoms with Gasteiger partial charge in [0.25, 0.3) is 0 Å². The first kappa shape index (κ1) is 15.4. The Hall–Kier alpha value is -1.96. The van der Waals surface area contributed by atoms with Crippen LogP contribution in [0.25, 0.3) is 0 Å². The molecule has 0 spiro atoms. The van der Waals surface area contributed by atoms with Crippen LogP contribution in [-0.4, -0.2) is 20.4 Å². The Morgan fingerprint density at radius 3 is 2.48 bits per heavy atom. The van der Waals surface area contributed by atoms with E-state index in [4.69, 9.17) is 10.9 Å². The summed E-state index contributed by atoms with van der Waals surface area (Å²) in [6.45, 7) is 1.15. The molecule has 21 heavy (non-hydrogen) atoms. The van der Waals surface area contributed by atoms with Gasteiger partial charge in [-0.2, -0.15) is 0 Å². The number of primary sulfonamides is 1. The number of sulfonamides is 1. The summed E-state index contributed by atoms with van der Waals surface area (Å²) >= 11 is 0. The topological polar surface area (TPSA) is 102 Å². The molecule has 7 heteroatoms. The molecular weight excluding hydrogens is 288 g/mol. The van der Waals surface area contributed by atoms with Gasteiger partial charge in [-0.05, 0) is 23.3 Å². The molecule has 1 aromatic carbocycles. The van der Waals surface area contributed by atoms with Gasteiger partial charge in [0.05, 0.1) is 0 Å². The van der Waals surface area contributed by atoms with Gasteiger partial charge >= 0.3 is 0 Å². The van der Waals surface area contributed by atoms with E-state index in [1.165, 1.54) is 12.3 Å². The van der Waals surface area contributed by atoms with Crippen molar-refractivity contribution in [2.45, 2.75) is 18.0 Å². The molecule has 1 aromatic heterocycles. The maximum absolute atomic E-state index is 11.2. The lowest BCUT2D eigenvalue weighted by Gasteiger charge is -2.18. The fraction of sp³-hybridized carbons (Fsp3) is 0.214. The minimum absolute atomic E-state index is 0.00443. The Kier molecular flexibility index (Phi) is 4.56. The van der Waals surface area contributed by atoms with E-state index < -0.39 is 10.0 Å². The molecule has 0 amide bonds. The molecule has 2 rings (SSSR count). The molecule has 0 saturated carbocycles. The Bertz CT molecular complexity index is 714. The van der Waals surface area contributed by atoms with Crippen molar-refractivity contribution in [3.63, 3.8) is 0 Å². The van der Waals surface area contributed by atoms with Gasteiger partial charge in [0, 0.05) is 26.3 Å². The Morgan fingerprint density at radius 1 is 1.19 bits per heavy atom. The van der Waals surface area contributed by atoms with Gasteiger partial charge in [0.15, 0.2) is 0 Å². The van der Waals surface area contributed by atoms with Crippen LogP contribution in [-0.2, 0) is 23.1 Å². The van der Waals surface area contributed by atoms with E-state index in [0.717, 1.165) is 11.1 Å². The minimum atomic E-state index is -3.71. The lowest BCUT2D eigenvalue weighted by molar-refractivity contribution is 0.597. The highest BCUT2D eigenvalue weighted by Crippen LogP contribution is 2.15. The number of benzene rings is 1. The summed E-state index contributed by atoms with van der Waals surface area (Å²) < 4.78 is 22.4. The molecule has 6 nitrogen and oxygen atoms in total. The normalized spacial score (nSPS) is 11.4. The van der Waals surface area contributed by atoms with Crippen molar-refractivity contribution in [1.29, 1.82) is 0 Å². The SMILES string of the molecule is CN(Cc1cccc(CN)c1)c1ccc(S(N)(=O)=O)cn1. The van der Waals surface area contributed by atoms with Gasteiger partial charge in [-0.15, -0.1) is 0 Å². The van der Waals surface area contributed by atoms with E-state index in [1.54, 1.807) is 6.07 Å². The molecule has 0 aliphatic carbocycles. The van der Waals surface area contributed by atoms with E-state index in [0.29, 0.717) is 18.9 Å². The van der Waals surface area contributed by atoms with Crippen LogP contribution in [0.15, 0.2) is 47.5 Å². The third-order valence-corrected chi connectivity index (χ3v) is 3.99. The van der Waals surface area contributed by atoms with Crippen molar-refractivity contribution in [2.24, 2.45) is 10.9 Å². The van der Waals surface area contributed by atoms with Crippen LogP contribution in [0, 0.1) is 0 Å². The summed E-state index contributed by atoms with van der Waals surface area (Å²) in [5.41, 5.74) is 7.80. The summed E-state index contributed by atoms with van der Waals surface area (Å²) in [5, 5.41) is 5.05. The molecule has 0 radical (unpaired) electrons. The Balaban J connectivity index is 2.14. The first-order chi connectivity index (χ1) is 9.90. The van der Waals surface area contributed by atoms with E-state index in [9.17, 15) is 8.42 Å². The number of rotatable bonds is 5. The van der Waals surface area contributed by atoms with Crippen LogP contribution < -0.4 is 15.8 Å². The van der Waals surface area contributed by atoms with E-state index in [2.05, 4.69) is 4.98 Å². The summed E-state index contributed by atoms with van der Waals surface area (Å²) in [4.78, 5) is 6.05. The molecule has 0 aliphatic heterocycles. The highest BCUT2D eigenvalue weighted by atomic mass is 32.2. The zero-order valence-electron chi connectivity index (χ0n) is 11.7. The predicted octanol–water partition coefficient (Wildman–Crippen LogP) is 0.824. The summed E-state index contributed by atoms with van der Waals surface area (Å²) in [6, 6.07) is 11.1. The van der Waals surface area contributed by atoms with Crippen LogP contribution in [0.2, 0.25) is 0 Å². The van der Waals surface area contributed by atoms with Crippen molar-refractivity contribution >= 4 is 15.8 Å². The highest BCUT2D eigenvalue weighted by molar-refractivity contribution is 7.89. The molecule has 0 fully saturated rings. The van der Waals surface area contributed by atoms with Gasteiger partial charge in [-0.25, -0.2) is 18.5 Å². The molecule has 0 bridgehead atoms. The predicted molar refractivity (Wildman–Crippen MR) is 82.1 cm³/mol. The second-order valence-corrected chi connectivity index (χ2v) is 6.34. The lowest BCUT2D eigenvalue weighted by atomic mass is 10.1. The van der Waals surface area contributed by atoms with E-state index in [-0.39, 0.29) is 4.90 Å². The number of anilines is 1. The molecule has 2 aromatic rings. The number of nitrogens with two attached hydrogens (primary N) is 2. The smallest absolute Gasteiger partial charge is 0.239 e. The highest BCUT2D eigenvalue weighted by Gasteiger charge is 2.09. The van der Waals surface area contributed by atoms with Crippen LogP contribution in [0.1, 0.15) is 11.1 Å². The first-order valence-corrected chi connectivity index (χ1v) is 7.92. The quantitative estimate of drug-likeness (QED) is 0.851. The van der Waals surface area contributed by atoms with Crippen molar-refractivity contribution in [3.8, 4) is 0 Å². The number of hydrogen-bond acceptors (Lipinski definition) is 5. The largest absolute Gasteiger partial charge is 0.355 e. The second kappa shape index (κ2) is 6.21. The fourth-order valence-electron chi connectivity index (χ4n) is 1.98. The van der Waals surface area contributed by atoms with Crippen molar-refractivity contribution in [3.05, 3.63) is 53.7 Å². The summed E-state index contributed by atoms with van der Waals surface area (Å²) in [5.74, 6) is 0.667. The first-order valence-electron chi connectivity index (χ1n) is 6.38. The third-order valence-electron chi connectivity index (χ3n) is 3.09. The second-order valence-electron chi connectivity index (χ2n) is 4.78. The zero-order valence-corrected chi connectivity index (χ0v) is 12.5. The average Bonchev–Trinajstić information content (AvgIpc) is 2.46. The standard InChI is InChI=1S/C14H18N4O2S/c1-18(10-12-4-2-3-11(7-12)8-15)14-6-5-13(9-17-14)21(16,19)20/h2-7,9H,8,10,15H2,1H3,(H2,16,19,20). The van der Waals surface area contributed by atoms with Gasteiger partial charge < -0.3 is 10.6 Å². The molecule has 0 aliphatic rings. The number of nitrogens with zero attached hydrogens (tertiary/aromatic N) is 2. The van der Waals surface area contributed by atoms with Crippen LogP contribution in [0.4, 0.5) is 5.82 Å². The Morgan fingerprint density at radius 2 is 1.90 bits per heavy atom. The van der Waals surface area contributed by atoms with Gasteiger partial charge in [-0.3, -0.25) is 0 Å². The van der Waals surface area contributed by atoms with Crippen LogP contribution in [0.5, 0.6) is 0 Å². The molecular formula is C14H18N4O2S. The minimum Gasteiger partial charge on any atom is -0.355 e. The van der Waals surface area contributed by atoms with E-state index in [1.807, 2.05) is 36.2 Å². The fourth-order valence-corrected chi connectivity index (χ4v) is 2.43. The number of aromatic nitrogens is 1. The number of hydrogen-bond donors (Lipinski definition) is 2. The zero-order chi connectivity index (χ0) is 15.5. The van der Waals surface area contributed by atoms with Gasteiger partial charge in [-0.1, -0.05) is 24.3 Å². The Labute approximate surface area is 124 Å². The summed E-state index contributed by atoms with van der Waals surface area (Å²) in [6.07, 6.45) is 1.26. The maximum atomic E-state index is 11.2. The molecule has 0 unspecified atom stereocenters. The van der Waals surface area contributed by atoms with Crippen LogP contribution in [0.3, 0.4) is 0 Å². The maximum Gasteiger partial charge on any atom is 0.239 e. The third kappa shape index (κ3) is 4.01. The molecule has 112 valence electrons. The molecule has 4 N–H and O–H groups in total. The van der Waals surface area contributed by atoms with Crippen LogP contribution >= 0.6 is 0 Å². The molecule has 0 saturated heterocycles. The lowest BCUT2D eigenvalue weighted by Crippen LogP contribution is -2.18. The van der Waals surface area contributed by atoms with Gasteiger partial charge in [0.2, 0.25) is 10.0 Å². The van der Waals surface area contributed by atoms with Gasteiger partial charge in [0.1, 0.15) is 10.7 Å². The average molecular weight is 306 g/mol. The van der Waals surface area contributed by atoms with E-state index >= 15 is 0 Å². The monoisotopic (exact) mass is 306 g/mol. The molecule has 1 heterocycles. The van der Waals surface area contributed by atoms with Crippen molar-refractivity contribution in [2.75, 3.05) is 11.9 Å². The van der Waals surface area contributed by atoms with Crippen molar-refractivity contribution in [1.82, 2.24) is 4.98 Å². The number of pyridine rings is 1. The summed E-state index contributed by atoms with van der Waals surface area (Å²) in [7, 11) is -1.83. The molecule has 0 atom stereocenters. The van der Waals surface area contributed by atoms with Crippen molar-refractivity contribution < 1.29 is 8.42 Å².